The van der Waals surface area contributed by atoms with Gasteiger partial charge >= 0.3 is 5.97 Å². The van der Waals surface area contributed by atoms with Crippen molar-refractivity contribution >= 4 is 16.9 Å². The Bertz CT molecular complexity index is 1250. The van der Waals surface area contributed by atoms with Gasteiger partial charge in [-0.3, -0.25) is 0 Å². The standard InChI is InChI=1S/C24H24FN3O3/c25-15-3-4-17-13(7-15)9-18(28(17)11-12-1-2-12)21-22(26)16-8-14(23(29)30)10-19-20(16)24(21,27)5-6-31-19/h3-4,7-10,12,21-22H,1-2,5-6,11,26-27H2,(H,29,30). The highest BCUT2D eigenvalue weighted by Gasteiger charge is 2.54. The van der Waals surface area contributed by atoms with Crippen LogP contribution in [0.4, 0.5) is 4.39 Å². The number of hydrogen-bond donors (Lipinski definition) is 3. The Morgan fingerprint density at radius 1 is 1.26 bits per heavy atom. The van der Waals surface area contributed by atoms with E-state index in [4.69, 9.17) is 16.2 Å². The van der Waals surface area contributed by atoms with Gasteiger partial charge in [0, 0.05) is 47.1 Å². The molecule has 1 aliphatic heterocycles. The number of carboxylic acid groups (broad SMARTS) is 1. The summed E-state index contributed by atoms with van der Waals surface area (Å²) in [6.45, 7) is 1.25. The number of fused-ring (bicyclic) bond motifs is 1. The van der Waals surface area contributed by atoms with E-state index in [9.17, 15) is 14.3 Å². The van der Waals surface area contributed by atoms with Crippen LogP contribution >= 0.6 is 0 Å². The summed E-state index contributed by atoms with van der Waals surface area (Å²) in [5, 5.41) is 10.4. The van der Waals surface area contributed by atoms with E-state index in [1.54, 1.807) is 18.2 Å². The van der Waals surface area contributed by atoms with Crippen molar-refractivity contribution in [1.29, 1.82) is 0 Å². The van der Waals surface area contributed by atoms with Gasteiger partial charge in [-0.15, -0.1) is 0 Å². The third-order valence-electron chi connectivity index (χ3n) is 7.24. The minimum atomic E-state index is -1.02. The predicted octanol–water partition coefficient (Wildman–Crippen LogP) is 3.62. The predicted molar refractivity (Wildman–Crippen MR) is 114 cm³/mol. The van der Waals surface area contributed by atoms with Gasteiger partial charge in [-0.25, -0.2) is 9.18 Å². The summed E-state index contributed by atoms with van der Waals surface area (Å²) in [6, 6.07) is 9.58. The molecule has 31 heavy (non-hydrogen) atoms. The monoisotopic (exact) mass is 421 g/mol. The van der Waals surface area contributed by atoms with Crippen LogP contribution in [0.1, 0.15) is 58.4 Å². The lowest BCUT2D eigenvalue weighted by Gasteiger charge is -2.38. The molecular formula is C24H24FN3O3. The second kappa shape index (κ2) is 6.31. The van der Waals surface area contributed by atoms with Crippen LogP contribution in [0.3, 0.4) is 0 Å². The number of aromatic nitrogens is 1. The number of rotatable bonds is 4. The Morgan fingerprint density at radius 2 is 2.06 bits per heavy atom. The minimum Gasteiger partial charge on any atom is -0.493 e. The molecule has 3 atom stereocenters. The first-order valence-corrected chi connectivity index (χ1v) is 10.7. The molecule has 3 unspecified atom stereocenters. The van der Waals surface area contributed by atoms with Crippen LogP contribution in [0.25, 0.3) is 10.9 Å². The van der Waals surface area contributed by atoms with Crippen molar-refractivity contribution in [2.45, 2.75) is 43.3 Å². The van der Waals surface area contributed by atoms with Crippen molar-refractivity contribution in [3.05, 3.63) is 64.6 Å². The summed E-state index contributed by atoms with van der Waals surface area (Å²) in [5.41, 5.74) is 16.8. The quantitative estimate of drug-likeness (QED) is 0.597. The number of ether oxygens (including phenoxy) is 1. The van der Waals surface area contributed by atoms with Crippen molar-refractivity contribution in [3.8, 4) is 5.75 Å². The highest BCUT2D eigenvalue weighted by Crippen LogP contribution is 2.58. The fraction of sp³-hybridized carbons (Fsp3) is 0.375. The Balaban J connectivity index is 1.57. The third-order valence-corrected chi connectivity index (χ3v) is 7.24. The molecule has 160 valence electrons. The fourth-order valence-electron chi connectivity index (χ4n) is 5.63. The zero-order valence-electron chi connectivity index (χ0n) is 17.0. The Labute approximate surface area is 178 Å². The van der Waals surface area contributed by atoms with Crippen LogP contribution in [0, 0.1) is 11.7 Å². The lowest BCUT2D eigenvalue weighted by atomic mass is 9.77. The maximum absolute atomic E-state index is 14.0. The van der Waals surface area contributed by atoms with Gasteiger partial charge in [0.1, 0.15) is 11.6 Å². The van der Waals surface area contributed by atoms with Crippen molar-refractivity contribution < 1.29 is 19.0 Å². The molecule has 1 aromatic heterocycles. The van der Waals surface area contributed by atoms with Crippen molar-refractivity contribution in [2.75, 3.05) is 6.61 Å². The third kappa shape index (κ3) is 2.66. The molecule has 2 aliphatic carbocycles. The molecule has 7 heteroatoms. The van der Waals surface area contributed by atoms with E-state index in [1.807, 2.05) is 12.1 Å². The van der Waals surface area contributed by atoms with Crippen LogP contribution in [-0.4, -0.2) is 22.2 Å². The molecule has 0 amide bonds. The zero-order chi connectivity index (χ0) is 21.5. The summed E-state index contributed by atoms with van der Waals surface area (Å²) < 4.78 is 22.1. The highest BCUT2D eigenvalue weighted by atomic mass is 19.1. The molecule has 1 fully saturated rings. The first kappa shape index (κ1) is 18.8. The zero-order valence-corrected chi connectivity index (χ0v) is 17.0. The van der Waals surface area contributed by atoms with E-state index in [2.05, 4.69) is 4.57 Å². The Morgan fingerprint density at radius 3 is 2.81 bits per heavy atom. The van der Waals surface area contributed by atoms with Crippen molar-refractivity contribution in [1.82, 2.24) is 4.57 Å². The molecule has 0 saturated heterocycles. The molecule has 3 aliphatic rings. The van der Waals surface area contributed by atoms with Crippen LogP contribution < -0.4 is 16.2 Å². The average Bonchev–Trinajstić information content (AvgIpc) is 3.44. The number of halogens is 1. The van der Waals surface area contributed by atoms with Gasteiger partial charge in [0.05, 0.1) is 17.7 Å². The van der Waals surface area contributed by atoms with Crippen LogP contribution in [0.15, 0.2) is 36.4 Å². The molecule has 1 saturated carbocycles. The number of carboxylic acids is 1. The molecule has 0 bridgehead atoms. The van der Waals surface area contributed by atoms with E-state index in [-0.39, 0.29) is 17.3 Å². The SMILES string of the molecule is NC1c2cc(C(=O)O)cc3c2C(N)(CCO3)C1c1cc2cc(F)ccc2n1CC1CC1. The second-order valence-corrected chi connectivity index (χ2v) is 9.21. The smallest absolute Gasteiger partial charge is 0.335 e. The number of hydrogen-bond acceptors (Lipinski definition) is 4. The normalized spacial score (nSPS) is 26.7. The van der Waals surface area contributed by atoms with Gasteiger partial charge < -0.3 is 25.9 Å². The maximum atomic E-state index is 14.0. The summed E-state index contributed by atoms with van der Waals surface area (Å²) in [5.74, 6) is -0.439. The fourth-order valence-corrected chi connectivity index (χ4v) is 5.63. The van der Waals surface area contributed by atoms with E-state index in [0.29, 0.717) is 24.7 Å². The van der Waals surface area contributed by atoms with Gasteiger partial charge in [0.25, 0.3) is 0 Å². The first-order valence-electron chi connectivity index (χ1n) is 10.7. The highest BCUT2D eigenvalue weighted by molar-refractivity contribution is 5.89. The van der Waals surface area contributed by atoms with Crippen LogP contribution in [0.2, 0.25) is 0 Å². The largest absolute Gasteiger partial charge is 0.493 e. The van der Waals surface area contributed by atoms with E-state index < -0.39 is 17.6 Å². The summed E-state index contributed by atoms with van der Waals surface area (Å²) in [7, 11) is 0. The van der Waals surface area contributed by atoms with Crippen molar-refractivity contribution in [2.24, 2.45) is 17.4 Å². The van der Waals surface area contributed by atoms with Crippen molar-refractivity contribution in [3.63, 3.8) is 0 Å². The molecule has 6 rings (SSSR count). The number of nitrogens with zero attached hydrogens (tertiary/aromatic N) is 1. The number of carbonyl (C=O) groups is 1. The number of nitrogens with two attached hydrogens (primary N) is 2. The van der Waals surface area contributed by atoms with E-state index >= 15 is 0 Å². The molecule has 2 heterocycles. The summed E-state index contributed by atoms with van der Waals surface area (Å²) in [6.07, 6.45) is 2.95. The molecule has 6 nitrogen and oxygen atoms in total. The first-order chi connectivity index (χ1) is 14.9. The Kier molecular flexibility index (Phi) is 3.83. The van der Waals surface area contributed by atoms with E-state index in [1.165, 1.54) is 18.9 Å². The number of benzene rings is 2. The van der Waals surface area contributed by atoms with Crippen LogP contribution in [0.5, 0.6) is 5.75 Å². The van der Waals surface area contributed by atoms with Gasteiger partial charge in [0.15, 0.2) is 0 Å². The molecule has 0 radical (unpaired) electrons. The van der Waals surface area contributed by atoms with E-state index in [0.717, 1.165) is 34.3 Å². The lowest BCUT2D eigenvalue weighted by molar-refractivity contribution is 0.0696. The van der Waals surface area contributed by atoms with Gasteiger partial charge in [-0.1, -0.05) is 0 Å². The Hall–Kier alpha value is -2.90. The lowest BCUT2D eigenvalue weighted by Crippen LogP contribution is -2.45. The molecule has 3 aromatic rings. The molecule has 2 aromatic carbocycles. The molecule has 5 N–H and O–H groups in total. The maximum Gasteiger partial charge on any atom is 0.335 e. The van der Waals surface area contributed by atoms with Gasteiger partial charge in [-0.2, -0.15) is 0 Å². The topological polar surface area (TPSA) is 104 Å². The van der Waals surface area contributed by atoms with Crippen LogP contribution in [-0.2, 0) is 12.1 Å². The summed E-state index contributed by atoms with van der Waals surface area (Å²) >= 11 is 0. The van der Waals surface area contributed by atoms with Gasteiger partial charge in [0.2, 0.25) is 0 Å². The molecular weight excluding hydrogens is 397 g/mol. The second-order valence-electron chi connectivity index (χ2n) is 9.21. The average molecular weight is 421 g/mol. The molecule has 0 spiro atoms. The van der Waals surface area contributed by atoms with Gasteiger partial charge in [-0.05, 0) is 60.7 Å². The summed E-state index contributed by atoms with van der Waals surface area (Å²) in [4.78, 5) is 11.7. The minimum absolute atomic E-state index is 0.148. The number of aromatic carboxylic acids is 1.